The van der Waals surface area contributed by atoms with Crippen molar-refractivity contribution < 1.29 is 9.53 Å². The first-order chi connectivity index (χ1) is 7.16. The Morgan fingerprint density at radius 3 is 2.93 bits per heavy atom. The van der Waals surface area contributed by atoms with Crippen LogP contribution in [0.15, 0.2) is 18.2 Å². The van der Waals surface area contributed by atoms with Gasteiger partial charge >= 0.3 is 0 Å². The fourth-order valence-electron chi connectivity index (χ4n) is 1.85. The van der Waals surface area contributed by atoms with E-state index in [0.717, 1.165) is 5.56 Å². The van der Waals surface area contributed by atoms with Crippen LogP contribution >= 0.6 is 0 Å². The molecule has 3 nitrogen and oxygen atoms in total. The van der Waals surface area contributed by atoms with Gasteiger partial charge in [0.25, 0.3) is 0 Å². The standard InChI is InChI=1S/C12H15NO2/c1-8-3-4-9(2)10(5-8)11-6-15-7-12(14)13-11/h3-5,11H,6-7H2,1-2H3,(H,13,14)/t11-/m0/s1. The zero-order chi connectivity index (χ0) is 10.8. The third kappa shape index (κ3) is 2.18. The molecular formula is C12H15NO2. The summed E-state index contributed by atoms with van der Waals surface area (Å²) in [5, 5.41) is 2.94. The molecule has 15 heavy (non-hydrogen) atoms. The summed E-state index contributed by atoms with van der Waals surface area (Å²) < 4.78 is 5.23. The molecule has 0 unspecified atom stereocenters. The summed E-state index contributed by atoms with van der Waals surface area (Å²) in [4.78, 5) is 11.2. The van der Waals surface area contributed by atoms with Crippen LogP contribution in [0.3, 0.4) is 0 Å². The zero-order valence-electron chi connectivity index (χ0n) is 9.04. The summed E-state index contributed by atoms with van der Waals surface area (Å²) in [6, 6.07) is 6.26. The molecule has 1 fully saturated rings. The van der Waals surface area contributed by atoms with Gasteiger partial charge in [-0.25, -0.2) is 0 Å². The Bertz CT molecular complexity index is 387. The minimum absolute atomic E-state index is 0.00569. The van der Waals surface area contributed by atoms with Crippen molar-refractivity contribution in [2.45, 2.75) is 19.9 Å². The summed E-state index contributed by atoms with van der Waals surface area (Å²) in [5.41, 5.74) is 3.55. The maximum Gasteiger partial charge on any atom is 0.246 e. The van der Waals surface area contributed by atoms with Crippen molar-refractivity contribution in [2.24, 2.45) is 0 Å². The summed E-state index contributed by atoms with van der Waals surface area (Å²) in [7, 11) is 0. The van der Waals surface area contributed by atoms with E-state index in [1.54, 1.807) is 0 Å². The topological polar surface area (TPSA) is 38.3 Å². The fourth-order valence-corrected chi connectivity index (χ4v) is 1.85. The SMILES string of the molecule is Cc1ccc(C)c([C@@H]2COCC(=O)N2)c1. The molecule has 0 bridgehead atoms. The van der Waals surface area contributed by atoms with E-state index in [0.29, 0.717) is 6.61 Å². The highest BCUT2D eigenvalue weighted by atomic mass is 16.5. The Morgan fingerprint density at radius 1 is 1.40 bits per heavy atom. The molecule has 1 N–H and O–H groups in total. The highest BCUT2D eigenvalue weighted by Gasteiger charge is 2.21. The molecule has 0 spiro atoms. The van der Waals surface area contributed by atoms with Gasteiger partial charge in [-0.15, -0.1) is 0 Å². The molecular weight excluding hydrogens is 190 g/mol. The number of hydrogen-bond acceptors (Lipinski definition) is 2. The monoisotopic (exact) mass is 205 g/mol. The van der Waals surface area contributed by atoms with Crippen LogP contribution in [0.25, 0.3) is 0 Å². The lowest BCUT2D eigenvalue weighted by Crippen LogP contribution is -2.40. The first-order valence-electron chi connectivity index (χ1n) is 5.11. The lowest BCUT2D eigenvalue weighted by molar-refractivity contribution is -0.131. The van der Waals surface area contributed by atoms with Crippen LogP contribution in [0.5, 0.6) is 0 Å². The van der Waals surface area contributed by atoms with Crippen molar-refractivity contribution >= 4 is 5.91 Å². The van der Waals surface area contributed by atoms with E-state index in [9.17, 15) is 4.79 Å². The van der Waals surface area contributed by atoms with Crippen molar-refractivity contribution in [2.75, 3.05) is 13.2 Å². The van der Waals surface area contributed by atoms with Crippen molar-refractivity contribution in [1.29, 1.82) is 0 Å². The minimum Gasteiger partial charge on any atom is -0.369 e. The number of carbonyl (C=O) groups is 1. The number of ether oxygens (including phenoxy) is 1. The summed E-state index contributed by atoms with van der Waals surface area (Å²) >= 11 is 0. The third-order valence-electron chi connectivity index (χ3n) is 2.66. The predicted octanol–water partition coefficient (Wildman–Crippen LogP) is 1.49. The predicted molar refractivity (Wildman–Crippen MR) is 57.6 cm³/mol. The summed E-state index contributed by atoms with van der Waals surface area (Å²) in [5.74, 6) is -0.0350. The molecule has 1 aliphatic rings. The van der Waals surface area contributed by atoms with Crippen molar-refractivity contribution in [3.63, 3.8) is 0 Å². The van der Waals surface area contributed by atoms with E-state index in [-0.39, 0.29) is 18.6 Å². The van der Waals surface area contributed by atoms with Crippen molar-refractivity contribution in [3.8, 4) is 0 Å². The van der Waals surface area contributed by atoms with Crippen LogP contribution < -0.4 is 5.32 Å². The molecule has 1 aliphatic heterocycles. The molecule has 0 aromatic heterocycles. The number of benzene rings is 1. The molecule has 3 heteroatoms. The van der Waals surface area contributed by atoms with E-state index in [1.165, 1.54) is 11.1 Å². The Labute approximate surface area is 89.4 Å². The molecule has 0 radical (unpaired) electrons. The van der Waals surface area contributed by atoms with Gasteiger partial charge in [0.2, 0.25) is 5.91 Å². The maximum atomic E-state index is 11.2. The average molecular weight is 205 g/mol. The lowest BCUT2D eigenvalue weighted by atomic mass is 9.99. The molecule has 0 saturated carbocycles. The summed E-state index contributed by atoms with van der Waals surface area (Å²) in [6.07, 6.45) is 0. The van der Waals surface area contributed by atoms with Crippen molar-refractivity contribution in [3.05, 3.63) is 34.9 Å². The Hall–Kier alpha value is -1.35. The second-order valence-corrected chi connectivity index (χ2v) is 4.00. The highest BCUT2D eigenvalue weighted by molar-refractivity contribution is 5.78. The first kappa shape index (κ1) is 10.2. The number of rotatable bonds is 1. The van der Waals surface area contributed by atoms with Gasteiger partial charge in [-0.2, -0.15) is 0 Å². The van der Waals surface area contributed by atoms with Crippen LogP contribution in [-0.2, 0) is 9.53 Å². The second kappa shape index (κ2) is 4.03. The molecule has 1 heterocycles. The van der Waals surface area contributed by atoms with Crippen molar-refractivity contribution in [1.82, 2.24) is 5.32 Å². The first-order valence-corrected chi connectivity index (χ1v) is 5.11. The number of morpholine rings is 1. The van der Waals surface area contributed by atoms with Gasteiger partial charge in [-0.1, -0.05) is 23.8 Å². The Morgan fingerprint density at radius 2 is 2.20 bits per heavy atom. The highest BCUT2D eigenvalue weighted by Crippen LogP contribution is 2.21. The molecule has 1 atom stereocenters. The molecule has 80 valence electrons. The van der Waals surface area contributed by atoms with Gasteiger partial charge < -0.3 is 10.1 Å². The van der Waals surface area contributed by atoms with Gasteiger partial charge in [-0.05, 0) is 25.0 Å². The van der Waals surface area contributed by atoms with Crippen LogP contribution in [0.2, 0.25) is 0 Å². The molecule has 2 rings (SSSR count). The second-order valence-electron chi connectivity index (χ2n) is 4.00. The minimum atomic E-state index is -0.0350. The van der Waals surface area contributed by atoms with E-state index in [2.05, 4.69) is 37.4 Å². The Balaban J connectivity index is 2.27. The average Bonchev–Trinajstić information content (AvgIpc) is 2.22. The zero-order valence-corrected chi connectivity index (χ0v) is 9.04. The number of carbonyl (C=O) groups excluding carboxylic acids is 1. The van der Waals surface area contributed by atoms with Crippen LogP contribution in [0.1, 0.15) is 22.7 Å². The van der Waals surface area contributed by atoms with Gasteiger partial charge in [0.15, 0.2) is 0 Å². The number of nitrogens with one attached hydrogen (secondary N) is 1. The lowest BCUT2D eigenvalue weighted by Gasteiger charge is -2.25. The van der Waals surface area contributed by atoms with E-state index >= 15 is 0 Å². The van der Waals surface area contributed by atoms with Crippen LogP contribution in [-0.4, -0.2) is 19.1 Å². The normalized spacial score (nSPS) is 21.2. The van der Waals surface area contributed by atoms with Gasteiger partial charge in [0, 0.05) is 0 Å². The molecule has 1 amide bonds. The Kier molecular flexibility index (Phi) is 2.73. The fraction of sp³-hybridized carbons (Fsp3) is 0.417. The van der Waals surface area contributed by atoms with E-state index in [4.69, 9.17) is 4.74 Å². The van der Waals surface area contributed by atoms with Crippen LogP contribution in [0, 0.1) is 13.8 Å². The van der Waals surface area contributed by atoms with Gasteiger partial charge in [0.05, 0.1) is 12.6 Å². The quantitative estimate of drug-likeness (QED) is 0.754. The largest absolute Gasteiger partial charge is 0.369 e. The smallest absolute Gasteiger partial charge is 0.246 e. The molecule has 0 aliphatic carbocycles. The maximum absolute atomic E-state index is 11.2. The number of hydrogen-bond donors (Lipinski definition) is 1. The van der Waals surface area contributed by atoms with Gasteiger partial charge in [-0.3, -0.25) is 4.79 Å². The summed E-state index contributed by atoms with van der Waals surface area (Å²) in [6.45, 7) is 4.85. The third-order valence-corrected chi connectivity index (χ3v) is 2.66. The molecule has 1 aromatic carbocycles. The van der Waals surface area contributed by atoms with Gasteiger partial charge in [0.1, 0.15) is 6.61 Å². The van der Waals surface area contributed by atoms with E-state index in [1.807, 2.05) is 0 Å². The van der Waals surface area contributed by atoms with E-state index < -0.39 is 0 Å². The number of amides is 1. The number of aryl methyl sites for hydroxylation is 2. The van der Waals surface area contributed by atoms with Crippen LogP contribution in [0.4, 0.5) is 0 Å². The molecule has 1 aromatic rings. The molecule has 1 saturated heterocycles.